The minimum Gasteiger partial charge on any atom is -0.508 e. The standard InChI is InChI=1S/C15H23FN2O/c1-11(14-7-6-13(19)9-15(14)16)18(3)10-12-5-4-8-17(12)2/h6-7,9,11-12,19H,4-5,8,10H2,1-3H3. The van der Waals surface area contributed by atoms with Gasteiger partial charge < -0.3 is 10.0 Å². The Kier molecular flexibility index (Phi) is 4.42. The molecular formula is C15H23FN2O. The highest BCUT2D eigenvalue weighted by molar-refractivity contribution is 5.29. The normalized spacial score (nSPS) is 22.1. The van der Waals surface area contributed by atoms with E-state index in [0.717, 1.165) is 13.1 Å². The molecule has 1 fully saturated rings. The Hall–Kier alpha value is -1.13. The summed E-state index contributed by atoms with van der Waals surface area (Å²) in [6.45, 7) is 4.10. The molecule has 0 aliphatic carbocycles. The van der Waals surface area contributed by atoms with Crippen LogP contribution in [0.25, 0.3) is 0 Å². The third-order valence-electron chi connectivity index (χ3n) is 4.27. The van der Waals surface area contributed by atoms with Gasteiger partial charge in [-0.15, -0.1) is 0 Å². The Morgan fingerprint density at radius 1 is 1.53 bits per heavy atom. The third-order valence-corrected chi connectivity index (χ3v) is 4.27. The molecule has 1 aliphatic heterocycles. The molecule has 0 amide bonds. The van der Waals surface area contributed by atoms with Crippen LogP contribution in [-0.4, -0.2) is 48.1 Å². The van der Waals surface area contributed by atoms with Gasteiger partial charge in [0.05, 0.1) is 0 Å². The second-order valence-corrected chi connectivity index (χ2v) is 5.60. The molecule has 2 atom stereocenters. The van der Waals surface area contributed by atoms with Gasteiger partial charge in [0.1, 0.15) is 11.6 Å². The lowest BCUT2D eigenvalue weighted by molar-refractivity contribution is 0.183. The van der Waals surface area contributed by atoms with Crippen molar-refractivity contribution in [3.63, 3.8) is 0 Å². The molecule has 0 aromatic heterocycles. The summed E-state index contributed by atoms with van der Waals surface area (Å²) in [5.74, 6) is -0.356. The molecule has 0 radical (unpaired) electrons. The van der Waals surface area contributed by atoms with Gasteiger partial charge in [0.15, 0.2) is 0 Å². The van der Waals surface area contributed by atoms with Gasteiger partial charge in [-0.2, -0.15) is 0 Å². The highest BCUT2D eigenvalue weighted by Crippen LogP contribution is 2.26. The molecule has 2 rings (SSSR count). The Morgan fingerprint density at radius 2 is 2.26 bits per heavy atom. The van der Waals surface area contributed by atoms with Crippen LogP contribution in [0.4, 0.5) is 4.39 Å². The van der Waals surface area contributed by atoms with Crippen LogP contribution in [-0.2, 0) is 0 Å². The minimum atomic E-state index is -0.334. The van der Waals surface area contributed by atoms with Crippen molar-refractivity contribution in [3.8, 4) is 5.75 Å². The molecule has 3 nitrogen and oxygen atoms in total. The zero-order valence-electron chi connectivity index (χ0n) is 11.9. The Balaban J connectivity index is 2.03. The summed E-state index contributed by atoms with van der Waals surface area (Å²) in [7, 11) is 4.18. The molecule has 1 aromatic rings. The maximum atomic E-state index is 13.9. The number of phenolic OH excluding ortho intramolecular Hbond substituents is 1. The van der Waals surface area contributed by atoms with E-state index in [1.807, 2.05) is 14.0 Å². The maximum absolute atomic E-state index is 13.9. The smallest absolute Gasteiger partial charge is 0.131 e. The fraction of sp³-hybridized carbons (Fsp3) is 0.600. The van der Waals surface area contributed by atoms with Crippen molar-refractivity contribution in [2.24, 2.45) is 0 Å². The lowest BCUT2D eigenvalue weighted by atomic mass is 10.1. The predicted molar refractivity (Wildman–Crippen MR) is 74.8 cm³/mol. The van der Waals surface area contributed by atoms with Crippen LogP contribution in [0.15, 0.2) is 18.2 Å². The Labute approximate surface area is 114 Å². The number of aromatic hydroxyl groups is 1. The number of nitrogens with zero attached hydrogens (tertiary/aromatic N) is 2. The minimum absolute atomic E-state index is 0.00889. The van der Waals surface area contributed by atoms with Crippen LogP contribution < -0.4 is 0 Å². The zero-order chi connectivity index (χ0) is 14.0. The average molecular weight is 266 g/mol. The van der Waals surface area contributed by atoms with Gasteiger partial charge >= 0.3 is 0 Å². The molecule has 0 bridgehead atoms. The first-order valence-electron chi connectivity index (χ1n) is 6.88. The number of hydrogen-bond acceptors (Lipinski definition) is 3. The molecule has 1 N–H and O–H groups in total. The van der Waals surface area contributed by atoms with Crippen LogP contribution in [0.2, 0.25) is 0 Å². The van der Waals surface area contributed by atoms with Gasteiger partial charge in [0.2, 0.25) is 0 Å². The molecule has 1 aliphatic rings. The molecule has 1 saturated heterocycles. The highest BCUT2D eigenvalue weighted by atomic mass is 19.1. The molecule has 106 valence electrons. The molecule has 2 unspecified atom stereocenters. The number of rotatable bonds is 4. The SMILES string of the molecule is CC(c1ccc(O)cc1F)N(C)CC1CCCN1C. The second-order valence-electron chi connectivity index (χ2n) is 5.60. The van der Waals surface area contributed by atoms with Crippen molar-refractivity contribution in [2.75, 3.05) is 27.2 Å². The van der Waals surface area contributed by atoms with Crippen molar-refractivity contribution < 1.29 is 9.50 Å². The van der Waals surface area contributed by atoms with Crippen LogP contribution in [0.5, 0.6) is 5.75 Å². The van der Waals surface area contributed by atoms with Gasteiger partial charge in [-0.05, 0) is 46.5 Å². The van der Waals surface area contributed by atoms with Crippen LogP contribution in [0, 0.1) is 5.82 Å². The Bertz CT molecular complexity index is 438. The number of hydrogen-bond donors (Lipinski definition) is 1. The summed E-state index contributed by atoms with van der Waals surface area (Å²) < 4.78 is 13.9. The fourth-order valence-corrected chi connectivity index (χ4v) is 2.79. The van der Waals surface area contributed by atoms with Crippen molar-refractivity contribution in [3.05, 3.63) is 29.6 Å². The summed E-state index contributed by atoms with van der Waals surface area (Å²) in [6.07, 6.45) is 2.46. The van der Waals surface area contributed by atoms with E-state index in [4.69, 9.17) is 0 Å². The topological polar surface area (TPSA) is 26.7 Å². The highest BCUT2D eigenvalue weighted by Gasteiger charge is 2.25. The molecule has 0 saturated carbocycles. The summed E-state index contributed by atoms with van der Waals surface area (Å²) in [5.41, 5.74) is 0.640. The Morgan fingerprint density at radius 3 is 2.84 bits per heavy atom. The molecule has 19 heavy (non-hydrogen) atoms. The molecule has 0 spiro atoms. The third kappa shape index (κ3) is 3.25. The molecular weight excluding hydrogens is 243 g/mol. The number of phenols is 1. The first kappa shape index (κ1) is 14.3. The van der Waals surface area contributed by atoms with Gasteiger partial charge in [0.25, 0.3) is 0 Å². The zero-order valence-corrected chi connectivity index (χ0v) is 11.9. The van der Waals surface area contributed by atoms with Crippen molar-refractivity contribution >= 4 is 0 Å². The monoisotopic (exact) mass is 266 g/mol. The summed E-state index contributed by atoms with van der Waals surface area (Å²) >= 11 is 0. The van der Waals surface area contributed by atoms with E-state index in [2.05, 4.69) is 16.8 Å². The number of likely N-dealkylation sites (tertiary alicyclic amines) is 1. The first-order valence-corrected chi connectivity index (χ1v) is 6.88. The lowest BCUT2D eigenvalue weighted by Crippen LogP contribution is -2.37. The number of likely N-dealkylation sites (N-methyl/N-ethyl adjacent to an activating group) is 2. The van der Waals surface area contributed by atoms with E-state index >= 15 is 0 Å². The van der Waals surface area contributed by atoms with Gasteiger partial charge in [-0.3, -0.25) is 4.90 Å². The largest absolute Gasteiger partial charge is 0.508 e. The first-order chi connectivity index (χ1) is 8.99. The molecule has 1 heterocycles. The second kappa shape index (κ2) is 5.88. The van der Waals surface area contributed by atoms with Gasteiger partial charge in [-0.25, -0.2) is 4.39 Å². The number of benzene rings is 1. The summed E-state index contributed by atoms with van der Waals surface area (Å²) in [6, 6.07) is 4.97. The van der Waals surface area contributed by atoms with E-state index < -0.39 is 0 Å². The van der Waals surface area contributed by atoms with Crippen LogP contribution >= 0.6 is 0 Å². The van der Waals surface area contributed by atoms with E-state index in [0.29, 0.717) is 11.6 Å². The molecule has 4 heteroatoms. The van der Waals surface area contributed by atoms with Crippen LogP contribution in [0.3, 0.4) is 0 Å². The van der Waals surface area contributed by atoms with Gasteiger partial charge in [-0.1, -0.05) is 6.07 Å². The van der Waals surface area contributed by atoms with E-state index in [1.165, 1.54) is 18.9 Å². The summed E-state index contributed by atoms with van der Waals surface area (Å²) in [5, 5.41) is 9.26. The average Bonchev–Trinajstić information content (AvgIpc) is 2.74. The summed E-state index contributed by atoms with van der Waals surface area (Å²) in [4.78, 5) is 4.55. The van der Waals surface area contributed by atoms with Crippen molar-refractivity contribution in [1.82, 2.24) is 9.80 Å². The quantitative estimate of drug-likeness (QED) is 0.907. The van der Waals surface area contributed by atoms with Gasteiger partial charge in [0, 0.05) is 30.3 Å². The van der Waals surface area contributed by atoms with E-state index in [9.17, 15) is 9.50 Å². The van der Waals surface area contributed by atoms with Crippen molar-refractivity contribution in [1.29, 1.82) is 0 Å². The van der Waals surface area contributed by atoms with Crippen molar-refractivity contribution in [2.45, 2.75) is 31.8 Å². The predicted octanol–water partition coefficient (Wildman–Crippen LogP) is 2.62. The fourth-order valence-electron chi connectivity index (χ4n) is 2.79. The molecule has 1 aromatic carbocycles. The van der Waals surface area contributed by atoms with Crippen LogP contribution in [0.1, 0.15) is 31.4 Å². The lowest BCUT2D eigenvalue weighted by Gasteiger charge is -2.30. The maximum Gasteiger partial charge on any atom is 0.131 e. The van der Waals surface area contributed by atoms with E-state index in [1.54, 1.807) is 12.1 Å². The van der Waals surface area contributed by atoms with E-state index in [-0.39, 0.29) is 17.6 Å². The number of halogens is 1.